The molecule has 0 radical (unpaired) electrons. The third-order valence-corrected chi connectivity index (χ3v) is 5.85. The van der Waals surface area contributed by atoms with Crippen molar-refractivity contribution in [3.05, 3.63) is 58.1 Å². The fourth-order valence-corrected chi connectivity index (χ4v) is 4.09. The number of halogens is 2. The quantitative estimate of drug-likeness (QED) is 0.544. The molecule has 1 amide bonds. The van der Waals surface area contributed by atoms with Crippen LogP contribution >= 0.6 is 23.2 Å². The number of ether oxygens (including phenoxy) is 1. The molecular formula is C20H24Cl2N2O4S. The maximum atomic E-state index is 12.2. The molecule has 0 aliphatic rings. The first-order chi connectivity index (χ1) is 13.7. The van der Waals surface area contributed by atoms with Gasteiger partial charge in [0.05, 0.1) is 23.5 Å². The van der Waals surface area contributed by atoms with Crippen molar-refractivity contribution in [2.45, 2.75) is 19.8 Å². The monoisotopic (exact) mass is 458 g/mol. The number of carbonyl (C=O) groups is 1. The number of nitrogens with zero attached hydrogens (tertiary/aromatic N) is 1. The molecule has 0 saturated carbocycles. The summed E-state index contributed by atoms with van der Waals surface area (Å²) in [5, 5.41) is 3.42. The number of nitrogens with one attached hydrogen (secondary N) is 1. The molecule has 0 aliphatic carbocycles. The zero-order chi connectivity index (χ0) is 21.4. The smallest absolute Gasteiger partial charge is 0.232 e. The molecular weight excluding hydrogens is 435 g/mol. The average molecular weight is 459 g/mol. The van der Waals surface area contributed by atoms with Gasteiger partial charge in [-0.1, -0.05) is 41.4 Å². The minimum atomic E-state index is -3.57. The molecule has 0 saturated heterocycles. The van der Waals surface area contributed by atoms with Gasteiger partial charge in [-0.3, -0.25) is 9.10 Å². The van der Waals surface area contributed by atoms with Gasteiger partial charge in [0.2, 0.25) is 15.9 Å². The van der Waals surface area contributed by atoms with Crippen LogP contribution in [0, 0.1) is 6.92 Å². The van der Waals surface area contributed by atoms with Crippen molar-refractivity contribution in [2.75, 3.05) is 30.3 Å². The summed E-state index contributed by atoms with van der Waals surface area (Å²) in [6.07, 6.45) is 1.60. The van der Waals surface area contributed by atoms with E-state index in [4.69, 9.17) is 27.9 Å². The Morgan fingerprint density at radius 1 is 1.17 bits per heavy atom. The molecule has 0 unspecified atom stereocenters. The van der Waals surface area contributed by atoms with Crippen LogP contribution in [-0.4, -0.2) is 40.3 Å². The Balaban J connectivity index is 1.81. The lowest BCUT2D eigenvalue weighted by atomic mass is 10.2. The molecule has 0 fully saturated rings. The van der Waals surface area contributed by atoms with Crippen molar-refractivity contribution in [2.24, 2.45) is 0 Å². The van der Waals surface area contributed by atoms with E-state index in [0.29, 0.717) is 30.3 Å². The molecule has 0 heterocycles. The largest absolute Gasteiger partial charge is 0.491 e. The Morgan fingerprint density at radius 2 is 1.90 bits per heavy atom. The zero-order valence-electron chi connectivity index (χ0n) is 16.3. The summed E-state index contributed by atoms with van der Waals surface area (Å²) >= 11 is 12.1. The average Bonchev–Trinajstić information content (AvgIpc) is 2.65. The van der Waals surface area contributed by atoms with Gasteiger partial charge >= 0.3 is 0 Å². The van der Waals surface area contributed by atoms with Gasteiger partial charge in [0.25, 0.3) is 0 Å². The molecule has 29 heavy (non-hydrogen) atoms. The lowest BCUT2D eigenvalue weighted by Crippen LogP contribution is -2.33. The van der Waals surface area contributed by atoms with E-state index in [1.165, 1.54) is 6.07 Å². The lowest BCUT2D eigenvalue weighted by molar-refractivity contribution is -0.121. The second-order valence-electron chi connectivity index (χ2n) is 6.50. The SMILES string of the molecule is Cc1ccccc1OCCNC(=O)CCCN(c1cc(Cl)ccc1Cl)S(C)(=O)=O. The summed E-state index contributed by atoms with van der Waals surface area (Å²) in [6, 6.07) is 12.3. The maximum Gasteiger partial charge on any atom is 0.232 e. The number of sulfonamides is 1. The minimum absolute atomic E-state index is 0.117. The third-order valence-electron chi connectivity index (χ3n) is 4.12. The van der Waals surface area contributed by atoms with Gasteiger partial charge in [-0.2, -0.15) is 0 Å². The minimum Gasteiger partial charge on any atom is -0.491 e. The van der Waals surface area contributed by atoms with Crippen LogP contribution in [0.3, 0.4) is 0 Å². The number of hydrogen-bond donors (Lipinski definition) is 1. The van der Waals surface area contributed by atoms with Crippen LogP contribution in [0.2, 0.25) is 10.0 Å². The number of benzene rings is 2. The number of anilines is 1. The molecule has 6 nitrogen and oxygen atoms in total. The van der Waals surface area contributed by atoms with Crippen molar-refractivity contribution >= 4 is 44.8 Å². The van der Waals surface area contributed by atoms with Crippen LogP contribution in [0.1, 0.15) is 18.4 Å². The van der Waals surface area contributed by atoms with E-state index in [-0.39, 0.29) is 23.9 Å². The van der Waals surface area contributed by atoms with E-state index in [9.17, 15) is 13.2 Å². The van der Waals surface area contributed by atoms with E-state index in [1.54, 1.807) is 12.1 Å². The molecule has 1 N–H and O–H groups in total. The summed E-state index contributed by atoms with van der Waals surface area (Å²) < 4.78 is 31.1. The normalized spacial score (nSPS) is 11.2. The molecule has 0 aliphatic heterocycles. The van der Waals surface area contributed by atoms with Crippen molar-refractivity contribution in [1.29, 1.82) is 0 Å². The van der Waals surface area contributed by atoms with Crippen molar-refractivity contribution in [1.82, 2.24) is 5.32 Å². The Kier molecular flexibility index (Phi) is 8.61. The molecule has 0 bridgehead atoms. The Hall–Kier alpha value is -1.96. The van der Waals surface area contributed by atoms with Crippen molar-refractivity contribution in [3.63, 3.8) is 0 Å². The number of hydrogen-bond acceptors (Lipinski definition) is 4. The Labute approximate surface area is 181 Å². The number of rotatable bonds is 10. The highest BCUT2D eigenvalue weighted by molar-refractivity contribution is 7.92. The fourth-order valence-electron chi connectivity index (χ4n) is 2.68. The van der Waals surface area contributed by atoms with E-state index in [1.807, 2.05) is 31.2 Å². The first-order valence-corrected chi connectivity index (χ1v) is 11.7. The third kappa shape index (κ3) is 7.42. The number of carbonyl (C=O) groups excluding carboxylic acids is 1. The van der Waals surface area contributed by atoms with Crippen LogP contribution in [0.4, 0.5) is 5.69 Å². The summed E-state index contributed by atoms with van der Waals surface area (Å²) in [5.74, 6) is 0.605. The molecule has 2 aromatic rings. The van der Waals surface area contributed by atoms with Gasteiger partial charge in [-0.25, -0.2) is 8.42 Å². The van der Waals surface area contributed by atoms with E-state index in [2.05, 4.69) is 5.32 Å². The Morgan fingerprint density at radius 3 is 2.59 bits per heavy atom. The number of aryl methyl sites for hydroxylation is 1. The molecule has 2 rings (SSSR count). The van der Waals surface area contributed by atoms with Crippen LogP contribution in [0.5, 0.6) is 5.75 Å². The second-order valence-corrected chi connectivity index (χ2v) is 9.25. The fraction of sp³-hybridized carbons (Fsp3) is 0.350. The zero-order valence-corrected chi connectivity index (χ0v) is 18.6. The van der Waals surface area contributed by atoms with Crippen LogP contribution < -0.4 is 14.4 Å². The van der Waals surface area contributed by atoms with Crippen LogP contribution in [-0.2, 0) is 14.8 Å². The number of para-hydroxylation sites is 1. The van der Waals surface area contributed by atoms with Crippen molar-refractivity contribution < 1.29 is 17.9 Å². The van der Waals surface area contributed by atoms with E-state index >= 15 is 0 Å². The van der Waals surface area contributed by atoms with Gasteiger partial charge in [0.1, 0.15) is 12.4 Å². The molecule has 9 heteroatoms. The first-order valence-electron chi connectivity index (χ1n) is 9.06. The summed E-state index contributed by atoms with van der Waals surface area (Å²) in [4.78, 5) is 12.0. The highest BCUT2D eigenvalue weighted by atomic mass is 35.5. The van der Waals surface area contributed by atoms with E-state index < -0.39 is 10.0 Å². The summed E-state index contributed by atoms with van der Waals surface area (Å²) in [5.41, 5.74) is 1.33. The van der Waals surface area contributed by atoms with Gasteiger partial charge in [-0.15, -0.1) is 0 Å². The lowest BCUT2D eigenvalue weighted by Gasteiger charge is -2.23. The standard InChI is InChI=1S/C20H24Cl2N2O4S/c1-15-6-3-4-7-19(15)28-13-11-23-20(25)8-5-12-24(29(2,26)27)18-14-16(21)9-10-17(18)22/h3-4,6-7,9-10,14H,5,8,11-13H2,1-2H3,(H,23,25). The predicted molar refractivity (Wildman–Crippen MR) is 118 cm³/mol. The van der Waals surface area contributed by atoms with Crippen LogP contribution in [0.15, 0.2) is 42.5 Å². The van der Waals surface area contributed by atoms with Gasteiger partial charge in [-0.05, 0) is 43.2 Å². The topological polar surface area (TPSA) is 75.7 Å². The highest BCUT2D eigenvalue weighted by Crippen LogP contribution is 2.30. The number of amides is 1. The summed E-state index contributed by atoms with van der Waals surface area (Å²) in [6.45, 7) is 2.78. The Bertz CT molecular complexity index is 951. The van der Waals surface area contributed by atoms with Gasteiger partial charge in [0, 0.05) is 18.0 Å². The molecule has 158 valence electrons. The first kappa shape index (κ1) is 23.3. The van der Waals surface area contributed by atoms with E-state index in [0.717, 1.165) is 21.9 Å². The highest BCUT2D eigenvalue weighted by Gasteiger charge is 2.20. The van der Waals surface area contributed by atoms with Crippen molar-refractivity contribution in [3.8, 4) is 5.75 Å². The molecule has 2 aromatic carbocycles. The van der Waals surface area contributed by atoms with Crippen LogP contribution in [0.25, 0.3) is 0 Å². The van der Waals surface area contributed by atoms with Gasteiger partial charge in [0.15, 0.2) is 0 Å². The predicted octanol–water partition coefficient (Wildman–Crippen LogP) is 4.04. The summed E-state index contributed by atoms with van der Waals surface area (Å²) in [7, 11) is -3.57. The van der Waals surface area contributed by atoms with Gasteiger partial charge < -0.3 is 10.1 Å². The molecule has 0 aromatic heterocycles. The molecule has 0 spiro atoms. The second kappa shape index (κ2) is 10.7. The molecule has 0 atom stereocenters. The maximum absolute atomic E-state index is 12.2.